The van der Waals surface area contributed by atoms with Crippen molar-refractivity contribution in [3.63, 3.8) is 0 Å². The molecule has 1 aliphatic rings. The van der Waals surface area contributed by atoms with E-state index in [2.05, 4.69) is 4.90 Å². The first-order chi connectivity index (χ1) is 9.96. The molecule has 0 aromatic carbocycles. The topological polar surface area (TPSA) is 69.0 Å². The predicted molar refractivity (Wildman–Crippen MR) is 74.7 cm³/mol. The van der Waals surface area contributed by atoms with Crippen LogP contribution in [0.2, 0.25) is 0 Å². The van der Waals surface area contributed by atoms with Crippen LogP contribution in [0.25, 0.3) is 0 Å². The van der Waals surface area contributed by atoms with E-state index in [0.29, 0.717) is 30.2 Å². The van der Waals surface area contributed by atoms with Gasteiger partial charge in [-0.05, 0) is 18.9 Å². The molecule has 0 spiro atoms. The molecule has 0 bridgehead atoms. The van der Waals surface area contributed by atoms with E-state index in [1.165, 1.54) is 14.2 Å². The molecular weight excluding hydrogens is 274 g/mol. The quantitative estimate of drug-likeness (QED) is 0.786. The molecule has 2 rings (SSSR count). The molecule has 2 heterocycles. The molecule has 1 aliphatic heterocycles. The van der Waals surface area contributed by atoms with Crippen LogP contribution in [0, 0.1) is 18.8 Å². The number of carbonyl (C=O) groups excluding carboxylic acids is 2. The number of nitrogens with zero attached hydrogens (tertiary/aromatic N) is 1. The number of likely N-dealkylation sites (tertiary alicyclic amines) is 1. The number of furan rings is 1. The number of hydrogen-bond donors (Lipinski definition) is 0. The van der Waals surface area contributed by atoms with Gasteiger partial charge >= 0.3 is 11.9 Å². The van der Waals surface area contributed by atoms with Crippen LogP contribution in [-0.2, 0) is 20.8 Å². The Balaban J connectivity index is 2.03. The predicted octanol–water partition coefficient (Wildman–Crippen LogP) is 1.62. The molecule has 0 radical (unpaired) electrons. The zero-order valence-electron chi connectivity index (χ0n) is 12.8. The maximum absolute atomic E-state index is 11.7. The fourth-order valence-corrected chi connectivity index (χ4v) is 2.81. The summed E-state index contributed by atoms with van der Waals surface area (Å²) in [6.07, 6.45) is 0. The molecule has 0 aliphatic carbocycles. The fraction of sp³-hybridized carbons (Fsp3) is 0.600. The van der Waals surface area contributed by atoms with Gasteiger partial charge in [-0.15, -0.1) is 0 Å². The highest BCUT2D eigenvalue weighted by Crippen LogP contribution is 2.26. The Morgan fingerprint density at radius 3 is 2.67 bits per heavy atom. The Morgan fingerprint density at radius 1 is 1.33 bits per heavy atom. The number of carbonyl (C=O) groups is 2. The zero-order valence-corrected chi connectivity index (χ0v) is 12.8. The summed E-state index contributed by atoms with van der Waals surface area (Å²) in [6.45, 7) is 5.78. The summed E-state index contributed by atoms with van der Waals surface area (Å²) in [6, 6.07) is 1.71. The lowest BCUT2D eigenvalue weighted by Crippen LogP contribution is -2.24. The second kappa shape index (κ2) is 6.30. The molecule has 0 amide bonds. The molecule has 1 fully saturated rings. The van der Waals surface area contributed by atoms with Gasteiger partial charge in [0, 0.05) is 13.1 Å². The van der Waals surface area contributed by atoms with Gasteiger partial charge in [0.25, 0.3) is 0 Å². The normalized spacial score (nSPS) is 22.3. The average Bonchev–Trinajstić information content (AvgIpc) is 3.00. The summed E-state index contributed by atoms with van der Waals surface area (Å²) in [5.41, 5.74) is 0.448. The van der Waals surface area contributed by atoms with Gasteiger partial charge in [0.05, 0.1) is 26.7 Å². The second-order valence-corrected chi connectivity index (χ2v) is 5.48. The third-order valence-corrected chi connectivity index (χ3v) is 3.95. The highest BCUT2D eigenvalue weighted by Gasteiger charge is 2.35. The molecule has 6 nitrogen and oxygen atoms in total. The highest BCUT2D eigenvalue weighted by molar-refractivity contribution is 5.90. The number of aryl methyl sites for hydroxylation is 1. The van der Waals surface area contributed by atoms with Gasteiger partial charge in [0.1, 0.15) is 17.1 Å². The largest absolute Gasteiger partial charge is 0.469 e. The van der Waals surface area contributed by atoms with Gasteiger partial charge in [0.2, 0.25) is 0 Å². The summed E-state index contributed by atoms with van der Waals surface area (Å²) in [5.74, 6) is 0.819. The summed E-state index contributed by atoms with van der Waals surface area (Å²) in [5, 5.41) is 0. The molecule has 0 N–H and O–H groups in total. The van der Waals surface area contributed by atoms with Crippen LogP contribution < -0.4 is 0 Å². The van der Waals surface area contributed by atoms with Crippen molar-refractivity contribution in [2.45, 2.75) is 20.4 Å². The van der Waals surface area contributed by atoms with E-state index in [1.54, 1.807) is 13.0 Å². The van der Waals surface area contributed by atoms with Gasteiger partial charge in [-0.3, -0.25) is 9.69 Å². The Morgan fingerprint density at radius 2 is 2.05 bits per heavy atom. The maximum Gasteiger partial charge on any atom is 0.341 e. The lowest BCUT2D eigenvalue weighted by Gasteiger charge is -2.13. The van der Waals surface area contributed by atoms with Crippen molar-refractivity contribution in [1.82, 2.24) is 4.90 Å². The molecule has 21 heavy (non-hydrogen) atoms. The van der Waals surface area contributed by atoms with Crippen molar-refractivity contribution < 1.29 is 23.5 Å². The fourth-order valence-electron chi connectivity index (χ4n) is 2.81. The van der Waals surface area contributed by atoms with E-state index in [1.807, 2.05) is 6.92 Å². The Hall–Kier alpha value is -1.82. The molecule has 1 saturated heterocycles. The van der Waals surface area contributed by atoms with Crippen molar-refractivity contribution in [1.29, 1.82) is 0 Å². The first-order valence-corrected chi connectivity index (χ1v) is 6.94. The first-order valence-electron chi connectivity index (χ1n) is 6.94. The SMILES string of the molecule is COC(=O)c1cc(CN2CC(C)C(C(=O)OC)C2)oc1C. The van der Waals surface area contributed by atoms with Crippen molar-refractivity contribution in [2.75, 3.05) is 27.3 Å². The van der Waals surface area contributed by atoms with Crippen LogP contribution in [-0.4, -0.2) is 44.1 Å². The number of methoxy groups -OCH3 is 2. The second-order valence-electron chi connectivity index (χ2n) is 5.48. The molecular formula is C15H21NO5. The van der Waals surface area contributed by atoms with Gasteiger partial charge in [-0.25, -0.2) is 4.79 Å². The van der Waals surface area contributed by atoms with Crippen LogP contribution in [0.15, 0.2) is 10.5 Å². The lowest BCUT2D eigenvalue weighted by atomic mass is 9.99. The van der Waals surface area contributed by atoms with Crippen LogP contribution in [0.4, 0.5) is 0 Å². The smallest absolute Gasteiger partial charge is 0.341 e. The molecule has 6 heteroatoms. The summed E-state index contributed by atoms with van der Waals surface area (Å²) in [7, 11) is 2.76. The van der Waals surface area contributed by atoms with Crippen molar-refractivity contribution >= 4 is 11.9 Å². The minimum absolute atomic E-state index is 0.105. The Kier molecular flexibility index (Phi) is 4.67. The molecule has 0 saturated carbocycles. The molecule has 1 aromatic rings. The summed E-state index contributed by atoms with van der Waals surface area (Å²) >= 11 is 0. The van der Waals surface area contributed by atoms with Crippen LogP contribution in [0.1, 0.15) is 28.8 Å². The molecule has 1 aromatic heterocycles. The van der Waals surface area contributed by atoms with E-state index >= 15 is 0 Å². The van der Waals surface area contributed by atoms with E-state index in [4.69, 9.17) is 13.9 Å². The average molecular weight is 295 g/mol. The summed E-state index contributed by atoms with van der Waals surface area (Å²) in [4.78, 5) is 25.4. The monoisotopic (exact) mass is 295 g/mol. The van der Waals surface area contributed by atoms with Gasteiger partial charge in [-0.1, -0.05) is 6.92 Å². The molecule has 2 atom stereocenters. The standard InChI is InChI=1S/C15H21NO5/c1-9-6-16(8-13(9)15(18)20-4)7-11-5-12(10(2)21-11)14(17)19-3/h5,9,13H,6-8H2,1-4H3. The Bertz CT molecular complexity index is 536. The number of ether oxygens (including phenoxy) is 2. The number of esters is 2. The van der Waals surface area contributed by atoms with Gasteiger partial charge in [0.15, 0.2) is 0 Å². The minimum Gasteiger partial charge on any atom is -0.469 e. The minimum atomic E-state index is -0.398. The first kappa shape index (κ1) is 15.6. The Labute approximate surface area is 124 Å². The molecule has 2 unspecified atom stereocenters. The van der Waals surface area contributed by atoms with Crippen LogP contribution >= 0.6 is 0 Å². The number of rotatable bonds is 4. The van der Waals surface area contributed by atoms with Gasteiger partial charge < -0.3 is 13.9 Å². The third-order valence-electron chi connectivity index (χ3n) is 3.95. The maximum atomic E-state index is 11.7. The third kappa shape index (κ3) is 3.26. The van der Waals surface area contributed by atoms with Crippen LogP contribution in [0.5, 0.6) is 0 Å². The van der Waals surface area contributed by atoms with E-state index < -0.39 is 5.97 Å². The molecule has 116 valence electrons. The van der Waals surface area contributed by atoms with Crippen molar-refractivity contribution in [3.8, 4) is 0 Å². The summed E-state index contributed by atoms with van der Waals surface area (Å²) < 4.78 is 15.1. The van der Waals surface area contributed by atoms with Gasteiger partial charge in [-0.2, -0.15) is 0 Å². The van der Waals surface area contributed by atoms with E-state index in [9.17, 15) is 9.59 Å². The van der Waals surface area contributed by atoms with Crippen molar-refractivity contribution in [2.24, 2.45) is 11.8 Å². The van der Waals surface area contributed by atoms with Crippen molar-refractivity contribution in [3.05, 3.63) is 23.2 Å². The highest BCUT2D eigenvalue weighted by atomic mass is 16.5. The van der Waals surface area contributed by atoms with E-state index in [0.717, 1.165) is 6.54 Å². The number of hydrogen-bond acceptors (Lipinski definition) is 6. The lowest BCUT2D eigenvalue weighted by molar-refractivity contribution is -0.146. The van der Waals surface area contributed by atoms with Crippen LogP contribution in [0.3, 0.4) is 0 Å². The zero-order chi connectivity index (χ0) is 15.6. The van der Waals surface area contributed by atoms with E-state index in [-0.39, 0.29) is 17.8 Å².